The summed E-state index contributed by atoms with van der Waals surface area (Å²) in [5.41, 5.74) is 1.26. The summed E-state index contributed by atoms with van der Waals surface area (Å²) in [7, 11) is 0. The number of carbonyl (C=O) groups is 1. The van der Waals surface area contributed by atoms with Gasteiger partial charge in [0.05, 0.1) is 0 Å². The van der Waals surface area contributed by atoms with Gasteiger partial charge < -0.3 is 14.7 Å². The molecule has 3 rings (SSSR count). The van der Waals surface area contributed by atoms with Crippen LogP contribution >= 0.6 is 0 Å². The maximum atomic E-state index is 12.0. The SMILES string of the molecule is CCCc1noc(CCC(=O)NC[C@@H]2CCN(c3ccccc3)C2)n1. The van der Waals surface area contributed by atoms with E-state index in [9.17, 15) is 4.79 Å². The van der Waals surface area contributed by atoms with E-state index in [0.717, 1.165) is 44.7 Å². The van der Waals surface area contributed by atoms with Crippen LogP contribution in [0, 0.1) is 5.92 Å². The summed E-state index contributed by atoms with van der Waals surface area (Å²) in [6.45, 7) is 4.85. The van der Waals surface area contributed by atoms with Gasteiger partial charge in [-0.1, -0.05) is 30.3 Å². The Hall–Kier alpha value is -2.37. The van der Waals surface area contributed by atoms with E-state index in [0.29, 0.717) is 24.7 Å². The fourth-order valence-corrected chi connectivity index (χ4v) is 3.16. The molecule has 6 nitrogen and oxygen atoms in total. The zero-order valence-electron chi connectivity index (χ0n) is 14.8. The molecule has 1 amide bonds. The number of nitrogens with one attached hydrogen (secondary N) is 1. The number of amides is 1. The van der Waals surface area contributed by atoms with Crippen molar-refractivity contribution in [1.29, 1.82) is 0 Å². The number of nitrogens with zero attached hydrogens (tertiary/aromatic N) is 3. The van der Waals surface area contributed by atoms with Crippen molar-refractivity contribution in [3.63, 3.8) is 0 Å². The van der Waals surface area contributed by atoms with E-state index >= 15 is 0 Å². The molecule has 0 radical (unpaired) electrons. The van der Waals surface area contributed by atoms with Crippen LogP contribution in [0.3, 0.4) is 0 Å². The number of hydrogen-bond acceptors (Lipinski definition) is 5. The molecule has 6 heteroatoms. The molecule has 134 valence electrons. The van der Waals surface area contributed by atoms with Crippen LogP contribution < -0.4 is 10.2 Å². The van der Waals surface area contributed by atoms with E-state index in [1.165, 1.54) is 5.69 Å². The Labute approximate surface area is 148 Å². The summed E-state index contributed by atoms with van der Waals surface area (Å²) < 4.78 is 5.16. The highest BCUT2D eigenvalue weighted by Crippen LogP contribution is 2.22. The summed E-state index contributed by atoms with van der Waals surface area (Å²) in [5.74, 6) is 1.83. The first-order valence-electron chi connectivity index (χ1n) is 9.12. The van der Waals surface area contributed by atoms with Gasteiger partial charge in [-0.25, -0.2) is 0 Å². The molecule has 0 spiro atoms. The normalized spacial score (nSPS) is 17.0. The van der Waals surface area contributed by atoms with E-state index in [1.807, 2.05) is 6.07 Å². The largest absolute Gasteiger partial charge is 0.371 e. The monoisotopic (exact) mass is 342 g/mol. The zero-order valence-corrected chi connectivity index (χ0v) is 14.8. The molecule has 2 aromatic rings. The van der Waals surface area contributed by atoms with Crippen molar-refractivity contribution in [1.82, 2.24) is 15.5 Å². The molecule has 0 saturated carbocycles. The van der Waals surface area contributed by atoms with Crippen LogP contribution in [-0.2, 0) is 17.6 Å². The first-order chi connectivity index (χ1) is 12.2. The van der Waals surface area contributed by atoms with Gasteiger partial charge in [-0.15, -0.1) is 0 Å². The molecular formula is C19H26N4O2. The summed E-state index contributed by atoms with van der Waals surface area (Å²) in [5, 5.41) is 6.95. The Kier molecular flexibility index (Phi) is 6.04. The number of para-hydroxylation sites is 1. The third kappa shape index (κ3) is 5.05. The van der Waals surface area contributed by atoms with Crippen LogP contribution in [0.15, 0.2) is 34.9 Å². The highest BCUT2D eigenvalue weighted by atomic mass is 16.5. The van der Waals surface area contributed by atoms with Crippen LogP contribution in [0.25, 0.3) is 0 Å². The third-order valence-corrected chi connectivity index (χ3v) is 4.54. The Bertz CT molecular complexity index is 671. The second-order valence-electron chi connectivity index (χ2n) is 6.59. The van der Waals surface area contributed by atoms with E-state index in [2.05, 4.69) is 51.5 Å². The van der Waals surface area contributed by atoms with E-state index < -0.39 is 0 Å². The minimum Gasteiger partial charge on any atom is -0.371 e. The molecule has 1 aliphatic rings. The van der Waals surface area contributed by atoms with Gasteiger partial charge in [0.1, 0.15) is 0 Å². The standard InChI is InChI=1S/C19H26N4O2/c1-2-6-17-21-19(25-22-17)10-9-18(24)20-13-15-11-12-23(14-15)16-7-4-3-5-8-16/h3-5,7-8,15H,2,6,9-14H2,1H3,(H,20,24)/t15-/m0/s1. The lowest BCUT2D eigenvalue weighted by atomic mass is 10.1. The van der Waals surface area contributed by atoms with Crippen molar-refractivity contribution in [3.8, 4) is 0 Å². The Balaban J connectivity index is 1.36. The highest BCUT2D eigenvalue weighted by Gasteiger charge is 2.23. The fourth-order valence-electron chi connectivity index (χ4n) is 3.16. The molecule has 1 aromatic carbocycles. The van der Waals surface area contributed by atoms with Crippen molar-refractivity contribution in [3.05, 3.63) is 42.0 Å². The topological polar surface area (TPSA) is 71.3 Å². The predicted octanol–water partition coefficient (Wildman–Crippen LogP) is 2.60. The minimum absolute atomic E-state index is 0.0494. The molecular weight excluding hydrogens is 316 g/mol. The molecule has 1 saturated heterocycles. The number of carbonyl (C=O) groups excluding carboxylic acids is 1. The fraction of sp³-hybridized carbons (Fsp3) is 0.526. The lowest BCUT2D eigenvalue weighted by molar-refractivity contribution is -0.121. The number of aryl methyl sites for hydroxylation is 2. The number of benzene rings is 1. The van der Waals surface area contributed by atoms with Crippen LogP contribution in [-0.4, -0.2) is 35.7 Å². The van der Waals surface area contributed by atoms with Crippen LogP contribution in [0.5, 0.6) is 0 Å². The first kappa shape index (κ1) is 17.5. The number of rotatable bonds is 8. The molecule has 0 bridgehead atoms. The van der Waals surface area contributed by atoms with Crippen molar-refractivity contribution in [2.24, 2.45) is 5.92 Å². The average molecular weight is 342 g/mol. The summed E-state index contributed by atoms with van der Waals surface area (Å²) in [6, 6.07) is 10.4. The van der Waals surface area contributed by atoms with Crippen molar-refractivity contribution >= 4 is 11.6 Å². The Morgan fingerprint density at radius 3 is 2.96 bits per heavy atom. The molecule has 0 unspecified atom stereocenters. The second kappa shape index (κ2) is 8.65. The Morgan fingerprint density at radius 1 is 1.32 bits per heavy atom. The lowest BCUT2D eigenvalue weighted by Gasteiger charge is -2.18. The van der Waals surface area contributed by atoms with Crippen molar-refractivity contribution in [2.45, 2.75) is 39.0 Å². The maximum absolute atomic E-state index is 12.0. The van der Waals surface area contributed by atoms with Gasteiger partial charge in [-0.3, -0.25) is 4.79 Å². The van der Waals surface area contributed by atoms with Crippen molar-refractivity contribution < 1.29 is 9.32 Å². The van der Waals surface area contributed by atoms with Crippen molar-refractivity contribution in [2.75, 3.05) is 24.5 Å². The third-order valence-electron chi connectivity index (χ3n) is 4.54. The van der Waals surface area contributed by atoms with Gasteiger partial charge in [0, 0.05) is 44.6 Å². The number of anilines is 1. The molecule has 25 heavy (non-hydrogen) atoms. The van der Waals surface area contributed by atoms with Gasteiger partial charge >= 0.3 is 0 Å². The van der Waals surface area contributed by atoms with Gasteiger partial charge in [0.25, 0.3) is 0 Å². The number of aromatic nitrogens is 2. The average Bonchev–Trinajstić information content (AvgIpc) is 3.29. The molecule has 1 fully saturated rings. The Morgan fingerprint density at radius 2 is 2.16 bits per heavy atom. The van der Waals surface area contributed by atoms with E-state index in [1.54, 1.807) is 0 Å². The van der Waals surface area contributed by atoms with Gasteiger partial charge in [-0.2, -0.15) is 4.98 Å². The molecule has 1 aliphatic heterocycles. The summed E-state index contributed by atoms with van der Waals surface area (Å²) in [6.07, 6.45) is 3.81. The zero-order chi connectivity index (χ0) is 17.5. The van der Waals surface area contributed by atoms with E-state index in [4.69, 9.17) is 4.52 Å². The number of hydrogen-bond donors (Lipinski definition) is 1. The molecule has 1 aromatic heterocycles. The van der Waals surface area contributed by atoms with E-state index in [-0.39, 0.29) is 5.91 Å². The second-order valence-corrected chi connectivity index (χ2v) is 6.59. The highest BCUT2D eigenvalue weighted by molar-refractivity contribution is 5.76. The van der Waals surface area contributed by atoms with Crippen LogP contribution in [0.4, 0.5) is 5.69 Å². The summed E-state index contributed by atoms with van der Waals surface area (Å²) >= 11 is 0. The van der Waals surface area contributed by atoms with Gasteiger partial charge in [-0.05, 0) is 30.9 Å². The maximum Gasteiger partial charge on any atom is 0.227 e. The first-order valence-corrected chi connectivity index (χ1v) is 9.12. The predicted molar refractivity (Wildman–Crippen MR) is 96.4 cm³/mol. The summed E-state index contributed by atoms with van der Waals surface area (Å²) in [4.78, 5) is 18.7. The molecule has 2 heterocycles. The van der Waals surface area contributed by atoms with Gasteiger partial charge in [0.15, 0.2) is 5.82 Å². The molecule has 0 aliphatic carbocycles. The minimum atomic E-state index is 0.0494. The molecule has 1 atom stereocenters. The quantitative estimate of drug-likeness (QED) is 0.798. The molecule has 1 N–H and O–H groups in total. The lowest BCUT2D eigenvalue weighted by Crippen LogP contribution is -2.31. The smallest absolute Gasteiger partial charge is 0.227 e. The van der Waals surface area contributed by atoms with Gasteiger partial charge in [0.2, 0.25) is 11.8 Å². The van der Waals surface area contributed by atoms with Crippen LogP contribution in [0.2, 0.25) is 0 Å². The van der Waals surface area contributed by atoms with Crippen LogP contribution in [0.1, 0.15) is 37.9 Å².